The van der Waals surface area contributed by atoms with E-state index in [-0.39, 0.29) is 0 Å². The molecule has 0 saturated heterocycles. The zero-order valence-corrected chi connectivity index (χ0v) is 13.8. The van der Waals surface area contributed by atoms with Crippen LogP contribution in [0.2, 0.25) is 0 Å². The van der Waals surface area contributed by atoms with Gasteiger partial charge in [0, 0.05) is 12.2 Å². The van der Waals surface area contributed by atoms with Crippen LogP contribution in [0.1, 0.15) is 29.2 Å². The van der Waals surface area contributed by atoms with Crippen LogP contribution >= 0.6 is 0 Å². The van der Waals surface area contributed by atoms with E-state index in [0.29, 0.717) is 6.54 Å². The number of hydrogen-bond donors (Lipinski definition) is 2. The maximum atomic E-state index is 12.1. The highest BCUT2D eigenvalue weighted by Gasteiger charge is 2.15. The number of rotatable bonds is 4. The molecule has 0 atom stereocenters. The fraction of sp³-hybridized carbons (Fsp3) is 0.263. The van der Waals surface area contributed by atoms with Gasteiger partial charge in [0.25, 0.3) is 0 Å². The number of benzene rings is 2. The smallest absolute Gasteiger partial charge is 0.313 e. The van der Waals surface area contributed by atoms with Crippen LogP contribution in [0.15, 0.2) is 42.5 Å². The summed E-state index contributed by atoms with van der Waals surface area (Å²) in [6.07, 6.45) is 0.794. The maximum absolute atomic E-state index is 12.1. The Labute approximate surface area is 136 Å². The van der Waals surface area contributed by atoms with Gasteiger partial charge in [-0.3, -0.25) is 9.59 Å². The molecular weight excluding hydrogens is 288 g/mol. The minimum atomic E-state index is -0.638. The van der Waals surface area contributed by atoms with E-state index in [4.69, 9.17) is 0 Å². The van der Waals surface area contributed by atoms with Crippen molar-refractivity contribution >= 4 is 17.5 Å². The van der Waals surface area contributed by atoms with Crippen molar-refractivity contribution in [1.82, 2.24) is 5.32 Å². The summed E-state index contributed by atoms with van der Waals surface area (Å²) < 4.78 is 0. The molecule has 0 saturated carbocycles. The molecule has 0 fully saturated rings. The Morgan fingerprint density at radius 1 is 0.957 bits per heavy atom. The molecule has 23 heavy (non-hydrogen) atoms. The minimum absolute atomic E-state index is 0.334. The van der Waals surface area contributed by atoms with Gasteiger partial charge in [0.2, 0.25) is 0 Å². The molecule has 0 aromatic heterocycles. The first-order valence-corrected chi connectivity index (χ1v) is 7.74. The maximum Gasteiger partial charge on any atom is 0.313 e. The lowest BCUT2D eigenvalue weighted by atomic mass is 10.1. The molecule has 120 valence electrons. The normalized spacial score (nSPS) is 10.2. The number of carbonyl (C=O) groups excluding carboxylic acids is 2. The van der Waals surface area contributed by atoms with E-state index in [1.807, 2.05) is 63.2 Å². The third kappa shape index (κ3) is 4.42. The van der Waals surface area contributed by atoms with Crippen LogP contribution in [0.5, 0.6) is 0 Å². The molecular formula is C19H22N2O2. The van der Waals surface area contributed by atoms with Crippen LogP contribution in [-0.4, -0.2) is 11.8 Å². The summed E-state index contributed by atoms with van der Waals surface area (Å²) in [6.45, 7) is 6.27. The summed E-state index contributed by atoms with van der Waals surface area (Å²) in [4.78, 5) is 24.1. The van der Waals surface area contributed by atoms with Crippen LogP contribution in [0.3, 0.4) is 0 Å². The number of para-hydroxylation sites is 1. The zero-order valence-electron chi connectivity index (χ0n) is 13.8. The van der Waals surface area contributed by atoms with Crippen molar-refractivity contribution in [2.45, 2.75) is 33.7 Å². The molecule has 0 unspecified atom stereocenters. The van der Waals surface area contributed by atoms with Gasteiger partial charge in [-0.25, -0.2) is 0 Å². The second-order valence-corrected chi connectivity index (χ2v) is 5.58. The van der Waals surface area contributed by atoms with Crippen molar-refractivity contribution in [2.24, 2.45) is 0 Å². The lowest BCUT2D eigenvalue weighted by Gasteiger charge is -2.13. The monoisotopic (exact) mass is 310 g/mol. The van der Waals surface area contributed by atoms with Crippen LogP contribution in [0, 0.1) is 13.8 Å². The van der Waals surface area contributed by atoms with Crippen molar-refractivity contribution in [3.05, 3.63) is 64.7 Å². The van der Waals surface area contributed by atoms with E-state index in [1.165, 1.54) is 0 Å². The summed E-state index contributed by atoms with van der Waals surface area (Å²) in [5.74, 6) is -1.27. The predicted molar refractivity (Wildman–Crippen MR) is 92.2 cm³/mol. The number of carbonyl (C=O) groups is 2. The second kappa shape index (κ2) is 7.58. The number of aryl methyl sites for hydroxylation is 3. The number of amides is 2. The van der Waals surface area contributed by atoms with Gasteiger partial charge < -0.3 is 10.6 Å². The molecule has 2 N–H and O–H groups in total. The molecule has 0 heterocycles. The molecule has 2 aromatic carbocycles. The van der Waals surface area contributed by atoms with Crippen molar-refractivity contribution < 1.29 is 9.59 Å². The van der Waals surface area contributed by atoms with E-state index >= 15 is 0 Å². The zero-order chi connectivity index (χ0) is 16.8. The Bertz CT molecular complexity index is 706. The van der Waals surface area contributed by atoms with Gasteiger partial charge in [-0.1, -0.05) is 55.0 Å². The molecule has 0 spiro atoms. The van der Waals surface area contributed by atoms with Crippen LogP contribution in [0.4, 0.5) is 5.69 Å². The first kappa shape index (κ1) is 16.7. The summed E-state index contributed by atoms with van der Waals surface area (Å²) in [5, 5.41) is 5.37. The fourth-order valence-corrected chi connectivity index (χ4v) is 2.34. The molecule has 4 nitrogen and oxygen atoms in total. The van der Waals surface area contributed by atoms with Crippen LogP contribution in [0.25, 0.3) is 0 Å². The van der Waals surface area contributed by atoms with Crippen LogP contribution in [-0.2, 0) is 22.6 Å². The Morgan fingerprint density at radius 2 is 1.65 bits per heavy atom. The Morgan fingerprint density at radius 3 is 2.30 bits per heavy atom. The van der Waals surface area contributed by atoms with Crippen molar-refractivity contribution in [1.29, 1.82) is 0 Å². The van der Waals surface area contributed by atoms with E-state index in [2.05, 4.69) is 10.6 Å². The first-order chi connectivity index (χ1) is 11.0. The SMILES string of the molecule is CCc1cccc(C)c1NC(=O)C(=O)NCc1ccc(C)cc1. The van der Waals surface area contributed by atoms with E-state index in [0.717, 1.165) is 34.4 Å². The molecule has 0 radical (unpaired) electrons. The third-order valence-electron chi connectivity index (χ3n) is 3.76. The molecule has 0 aliphatic carbocycles. The van der Waals surface area contributed by atoms with E-state index in [9.17, 15) is 9.59 Å². The lowest BCUT2D eigenvalue weighted by Crippen LogP contribution is -2.35. The minimum Gasteiger partial charge on any atom is -0.344 e. The second-order valence-electron chi connectivity index (χ2n) is 5.58. The third-order valence-corrected chi connectivity index (χ3v) is 3.76. The number of nitrogens with one attached hydrogen (secondary N) is 2. The van der Waals surface area contributed by atoms with Gasteiger partial charge >= 0.3 is 11.8 Å². The summed E-state index contributed by atoms with van der Waals surface area (Å²) in [6, 6.07) is 13.6. The Hall–Kier alpha value is -2.62. The summed E-state index contributed by atoms with van der Waals surface area (Å²) in [5.41, 5.74) is 4.81. The molecule has 0 aliphatic rings. The molecule has 0 aliphatic heterocycles. The number of anilines is 1. The Balaban J connectivity index is 1.98. The standard InChI is InChI=1S/C19H22N2O2/c1-4-16-7-5-6-14(3)17(16)21-19(23)18(22)20-12-15-10-8-13(2)9-11-15/h5-11H,4,12H2,1-3H3,(H,20,22)(H,21,23). The van der Waals surface area contributed by atoms with Gasteiger partial charge in [-0.15, -0.1) is 0 Å². The Kier molecular flexibility index (Phi) is 5.52. The quantitative estimate of drug-likeness (QED) is 0.853. The van der Waals surface area contributed by atoms with Gasteiger partial charge in [0.1, 0.15) is 0 Å². The van der Waals surface area contributed by atoms with Gasteiger partial charge in [-0.2, -0.15) is 0 Å². The average Bonchev–Trinajstić information content (AvgIpc) is 2.55. The largest absolute Gasteiger partial charge is 0.344 e. The van der Waals surface area contributed by atoms with Crippen molar-refractivity contribution in [2.75, 3.05) is 5.32 Å². The predicted octanol–water partition coefficient (Wildman–Crippen LogP) is 3.12. The number of hydrogen-bond acceptors (Lipinski definition) is 2. The van der Waals surface area contributed by atoms with Crippen molar-refractivity contribution in [3.63, 3.8) is 0 Å². The highest BCUT2D eigenvalue weighted by molar-refractivity contribution is 6.39. The van der Waals surface area contributed by atoms with Gasteiger partial charge in [-0.05, 0) is 37.0 Å². The average molecular weight is 310 g/mol. The molecule has 2 rings (SSSR count). The molecule has 4 heteroatoms. The summed E-state index contributed by atoms with van der Waals surface area (Å²) in [7, 11) is 0. The highest BCUT2D eigenvalue weighted by atomic mass is 16.2. The highest BCUT2D eigenvalue weighted by Crippen LogP contribution is 2.20. The fourth-order valence-electron chi connectivity index (χ4n) is 2.34. The van der Waals surface area contributed by atoms with E-state index in [1.54, 1.807) is 0 Å². The first-order valence-electron chi connectivity index (χ1n) is 7.74. The van der Waals surface area contributed by atoms with Crippen LogP contribution < -0.4 is 10.6 Å². The van der Waals surface area contributed by atoms with Gasteiger partial charge in [0.05, 0.1) is 0 Å². The molecule has 2 aromatic rings. The molecule has 2 amide bonds. The van der Waals surface area contributed by atoms with Gasteiger partial charge in [0.15, 0.2) is 0 Å². The lowest BCUT2D eigenvalue weighted by molar-refractivity contribution is -0.136. The summed E-state index contributed by atoms with van der Waals surface area (Å²) >= 11 is 0. The molecule has 0 bridgehead atoms. The van der Waals surface area contributed by atoms with Crippen molar-refractivity contribution in [3.8, 4) is 0 Å². The topological polar surface area (TPSA) is 58.2 Å². The van der Waals surface area contributed by atoms with E-state index < -0.39 is 11.8 Å².